The van der Waals surface area contributed by atoms with Crippen molar-refractivity contribution in [2.24, 2.45) is 5.41 Å². The van der Waals surface area contributed by atoms with Crippen molar-refractivity contribution in [2.75, 3.05) is 6.61 Å². The molecule has 1 aliphatic rings. The number of imide groups is 1. The van der Waals surface area contributed by atoms with Crippen LogP contribution in [-0.2, 0) is 9.53 Å². The number of rotatable bonds is 1. The Balaban J connectivity index is 2.34. The van der Waals surface area contributed by atoms with Crippen LogP contribution in [0.25, 0.3) is 0 Å². The first-order valence-corrected chi connectivity index (χ1v) is 6.55. The van der Waals surface area contributed by atoms with Crippen LogP contribution in [0, 0.1) is 5.41 Å². The van der Waals surface area contributed by atoms with Gasteiger partial charge in [-0.1, -0.05) is 51.1 Å². The first kappa shape index (κ1) is 14.5. The number of hydrogen-bond donors (Lipinski definition) is 1. The second-order valence-corrected chi connectivity index (χ2v) is 6.00. The highest BCUT2D eigenvalue weighted by molar-refractivity contribution is 5.95. The molecule has 0 bridgehead atoms. The monoisotopic (exact) mass is 277 g/mol. The standard InChI is InChI=1S/C15H19NO4/c1-15(2,3)12-13(17)16(14(18)19)11(9-20-12)10-7-5-4-6-8-10/h4-8,11-12H,9H2,1-3H3,(H,18,19)/t11-,12?/m0/s1. The summed E-state index contributed by atoms with van der Waals surface area (Å²) in [6.45, 7) is 5.76. The quantitative estimate of drug-likeness (QED) is 0.857. The van der Waals surface area contributed by atoms with Crippen LogP contribution in [-0.4, -0.2) is 34.7 Å². The first-order chi connectivity index (χ1) is 9.32. The average molecular weight is 277 g/mol. The van der Waals surface area contributed by atoms with Gasteiger partial charge in [-0.25, -0.2) is 9.69 Å². The van der Waals surface area contributed by atoms with Crippen LogP contribution < -0.4 is 0 Å². The van der Waals surface area contributed by atoms with Gasteiger partial charge < -0.3 is 9.84 Å². The van der Waals surface area contributed by atoms with Crippen molar-refractivity contribution in [1.29, 1.82) is 0 Å². The normalized spacial score (nSPS) is 23.8. The maximum Gasteiger partial charge on any atom is 0.414 e. The van der Waals surface area contributed by atoms with Crippen LogP contribution >= 0.6 is 0 Å². The van der Waals surface area contributed by atoms with Gasteiger partial charge in [0.1, 0.15) is 6.10 Å². The second kappa shape index (κ2) is 5.25. The first-order valence-electron chi connectivity index (χ1n) is 6.55. The van der Waals surface area contributed by atoms with Crippen molar-refractivity contribution >= 4 is 12.0 Å². The molecule has 1 unspecified atom stereocenters. The molecule has 1 aromatic rings. The Bertz CT molecular complexity index is 506. The fourth-order valence-corrected chi connectivity index (χ4v) is 2.38. The van der Waals surface area contributed by atoms with Gasteiger partial charge >= 0.3 is 6.09 Å². The van der Waals surface area contributed by atoms with E-state index in [2.05, 4.69) is 0 Å². The third-order valence-corrected chi connectivity index (χ3v) is 3.37. The van der Waals surface area contributed by atoms with Gasteiger partial charge in [0.15, 0.2) is 0 Å². The van der Waals surface area contributed by atoms with Gasteiger partial charge in [-0.05, 0) is 11.0 Å². The highest BCUT2D eigenvalue weighted by atomic mass is 16.5. The summed E-state index contributed by atoms with van der Waals surface area (Å²) in [4.78, 5) is 24.8. The molecule has 108 valence electrons. The predicted molar refractivity (Wildman–Crippen MR) is 73.2 cm³/mol. The third-order valence-electron chi connectivity index (χ3n) is 3.37. The van der Waals surface area contributed by atoms with Crippen LogP contribution in [0.5, 0.6) is 0 Å². The molecule has 0 saturated carbocycles. The van der Waals surface area contributed by atoms with Crippen molar-refractivity contribution < 1.29 is 19.4 Å². The van der Waals surface area contributed by atoms with E-state index in [1.165, 1.54) is 0 Å². The molecule has 2 amide bonds. The summed E-state index contributed by atoms with van der Waals surface area (Å²) in [6.07, 6.45) is -1.97. The molecular formula is C15H19NO4. The molecule has 1 heterocycles. The van der Waals surface area contributed by atoms with Gasteiger partial charge in [0.05, 0.1) is 12.6 Å². The molecule has 2 atom stereocenters. The second-order valence-electron chi connectivity index (χ2n) is 6.00. The van der Waals surface area contributed by atoms with Crippen LogP contribution in [0.15, 0.2) is 30.3 Å². The molecule has 0 radical (unpaired) electrons. The summed E-state index contributed by atoms with van der Waals surface area (Å²) in [7, 11) is 0. The van der Waals surface area contributed by atoms with E-state index < -0.39 is 29.6 Å². The SMILES string of the molecule is CC(C)(C)C1OC[C@@H](c2ccccc2)N(C(=O)O)C1=O. The molecule has 5 nitrogen and oxygen atoms in total. The predicted octanol–water partition coefficient (Wildman–Crippen LogP) is 2.68. The van der Waals surface area contributed by atoms with E-state index in [1.54, 1.807) is 12.1 Å². The molecule has 0 aromatic heterocycles. The Hall–Kier alpha value is -1.88. The molecule has 1 fully saturated rings. The lowest BCUT2D eigenvalue weighted by molar-refractivity contribution is -0.165. The number of carbonyl (C=O) groups is 2. The lowest BCUT2D eigenvalue weighted by atomic mass is 9.86. The Morgan fingerprint density at radius 2 is 1.90 bits per heavy atom. The number of carbonyl (C=O) groups excluding carboxylic acids is 1. The number of nitrogens with zero attached hydrogens (tertiary/aromatic N) is 1. The van der Waals surface area contributed by atoms with E-state index >= 15 is 0 Å². The van der Waals surface area contributed by atoms with Gasteiger partial charge in [0.25, 0.3) is 5.91 Å². The van der Waals surface area contributed by atoms with E-state index in [0.717, 1.165) is 10.5 Å². The zero-order valence-corrected chi connectivity index (χ0v) is 11.9. The number of carboxylic acid groups (broad SMARTS) is 1. The lowest BCUT2D eigenvalue weighted by Gasteiger charge is -2.41. The number of ether oxygens (including phenoxy) is 1. The Kier molecular flexibility index (Phi) is 3.81. The topological polar surface area (TPSA) is 66.8 Å². The van der Waals surface area contributed by atoms with Crippen molar-refractivity contribution in [1.82, 2.24) is 4.90 Å². The summed E-state index contributed by atoms with van der Waals surface area (Å²) < 4.78 is 5.65. The largest absolute Gasteiger partial charge is 0.465 e. The Morgan fingerprint density at radius 3 is 2.40 bits per heavy atom. The van der Waals surface area contributed by atoms with Gasteiger partial charge in [-0.3, -0.25) is 4.79 Å². The highest BCUT2D eigenvalue weighted by Crippen LogP contribution is 2.33. The fourth-order valence-electron chi connectivity index (χ4n) is 2.38. The fraction of sp³-hybridized carbons (Fsp3) is 0.467. The molecule has 1 aromatic carbocycles. The smallest absolute Gasteiger partial charge is 0.414 e. The minimum atomic E-state index is -1.23. The van der Waals surface area contributed by atoms with E-state index in [0.29, 0.717) is 0 Å². The molecule has 20 heavy (non-hydrogen) atoms. The minimum Gasteiger partial charge on any atom is -0.465 e. The van der Waals surface area contributed by atoms with Crippen LogP contribution in [0.1, 0.15) is 32.4 Å². The number of morpholine rings is 1. The van der Waals surface area contributed by atoms with Gasteiger partial charge in [0, 0.05) is 0 Å². The summed E-state index contributed by atoms with van der Waals surface area (Å²) in [5.74, 6) is -0.495. The van der Waals surface area contributed by atoms with E-state index in [-0.39, 0.29) is 6.61 Å². The maximum absolute atomic E-state index is 12.4. The number of hydrogen-bond acceptors (Lipinski definition) is 3. The highest BCUT2D eigenvalue weighted by Gasteiger charge is 2.45. The molecular weight excluding hydrogens is 258 g/mol. The Labute approximate surface area is 118 Å². The molecule has 1 saturated heterocycles. The molecule has 0 aliphatic carbocycles. The summed E-state index contributed by atoms with van der Waals surface area (Å²) in [6, 6.07) is 8.49. The van der Waals surface area contributed by atoms with Crippen molar-refractivity contribution in [3.63, 3.8) is 0 Å². The van der Waals surface area contributed by atoms with Crippen molar-refractivity contribution in [2.45, 2.75) is 32.9 Å². The molecule has 2 rings (SSSR count). The average Bonchev–Trinajstić information content (AvgIpc) is 2.37. The summed E-state index contributed by atoms with van der Waals surface area (Å²) in [5.41, 5.74) is 0.322. The van der Waals surface area contributed by atoms with E-state index in [4.69, 9.17) is 4.74 Å². The molecule has 0 spiro atoms. The lowest BCUT2D eigenvalue weighted by Crippen LogP contribution is -2.55. The van der Waals surface area contributed by atoms with Crippen LogP contribution in [0.4, 0.5) is 4.79 Å². The zero-order valence-electron chi connectivity index (χ0n) is 11.9. The number of amides is 2. The molecule has 1 N–H and O–H groups in total. The van der Waals surface area contributed by atoms with Crippen LogP contribution in [0.2, 0.25) is 0 Å². The molecule has 5 heteroatoms. The van der Waals surface area contributed by atoms with Gasteiger partial charge in [0.2, 0.25) is 0 Å². The maximum atomic E-state index is 12.4. The third kappa shape index (κ3) is 2.67. The molecule has 1 aliphatic heterocycles. The van der Waals surface area contributed by atoms with Crippen molar-refractivity contribution in [3.8, 4) is 0 Å². The van der Waals surface area contributed by atoms with Crippen LogP contribution in [0.3, 0.4) is 0 Å². The van der Waals surface area contributed by atoms with Gasteiger partial charge in [-0.15, -0.1) is 0 Å². The zero-order chi connectivity index (χ0) is 14.9. The number of benzene rings is 1. The minimum absolute atomic E-state index is 0.185. The van der Waals surface area contributed by atoms with E-state index in [1.807, 2.05) is 39.0 Å². The van der Waals surface area contributed by atoms with Crippen molar-refractivity contribution in [3.05, 3.63) is 35.9 Å². The van der Waals surface area contributed by atoms with Gasteiger partial charge in [-0.2, -0.15) is 0 Å². The Morgan fingerprint density at radius 1 is 1.30 bits per heavy atom. The summed E-state index contributed by atoms with van der Waals surface area (Å²) in [5, 5.41) is 9.37. The van der Waals surface area contributed by atoms with E-state index in [9.17, 15) is 14.7 Å². The summed E-state index contributed by atoms with van der Waals surface area (Å²) >= 11 is 0.